The van der Waals surface area contributed by atoms with E-state index in [1.165, 1.54) is 0 Å². The molecule has 2 unspecified atom stereocenters. The van der Waals surface area contributed by atoms with E-state index in [1.807, 2.05) is 26.0 Å². The number of nitrogens with zero attached hydrogens (tertiary/aromatic N) is 1. The highest BCUT2D eigenvalue weighted by Gasteiger charge is 2.41. The van der Waals surface area contributed by atoms with Crippen LogP contribution in [0.25, 0.3) is 0 Å². The van der Waals surface area contributed by atoms with E-state index in [-0.39, 0.29) is 23.8 Å². The van der Waals surface area contributed by atoms with Crippen LogP contribution in [0.4, 0.5) is 0 Å². The lowest BCUT2D eigenvalue weighted by molar-refractivity contribution is -0.125. The molecule has 0 saturated carbocycles. The molecule has 0 saturated heterocycles. The van der Waals surface area contributed by atoms with E-state index in [9.17, 15) is 14.4 Å². The average Bonchev–Trinajstić information content (AvgIpc) is 3.00. The summed E-state index contributed by atoms with van der Waals surface area (Å²) in [4.78, 5) is 37.6. The number of nitrogens with one attached hydrogen (secondary N) is 1. The number of likely N-dealkylation sites (N-methyl/N-ethyl adjacent to an activating group) is 1. The molecule has 0 spiro atoms. The van der Waals surface area contributed by atoms with Crippen molar-refractivity contribution in [2.75, 3.05) is 7.05 Å². The zero-order valence-electron chi connectivity index (χ0n) is 17.8. The van der Waals surface area contributed by atoms with Crippen molar-refractivity contribution in [2.24, 2.45) is 0 Å². The van der Waals surface area contributed by atoms with Crippen molar-refractivity contribution < 1.29 is 19.1 Å². The van der Waals surface area contributed by atoms with Gasteiger partial charge < -0.3 is 19.7 Å². The van der Waals surface area contributed by atoms with Gasteiger partial charge in [-0.05, 0) is 44.2 Å². The summed E-state index contributed by atoms with van der Waals surface area (Å²) < 4.78 is 6.24. The molecule has 2 heterocycles. The number of benzene rings is 1. The molecule has 28 heavy (non-hydrogen) atoms. The molecule has 1 aromatic carbocycles. The fourth-order valence-electron chi connectivity index (χ4n) is 4.15. The molecule has 2 aliphatic rings. The number of aldehydes is 1. The van der Waals surface area contributed by atoms with E-state index < -0.39 is 6.04 Å². The molecule has 2 amide bonds. The highest BCUT2D eigenvalue weighted by Crippen LogP contribution is 2.46. The Bertz CT molecular complexity index is 757. The molecule has 2 atom stereocenters. The SMILES string of the molecule is CC.CNC(=O)C(CCC=O)N1Cc2c(ccc3c2OC(C)(C)CC3C)C1=O. The van der Waals surface area contributed by atoms with Crippen molar-refractivity contribution in [2.45, 2.75) is 78.0 Å². The van der Waals surface area contributed by atoms with E-state index in [4.69, 9.17) is 4.74 Å². The van der Waals surface area contributed by atoms with Gasteiger partial charge in [0.15, 0.2) is 0 Å². The smallest absolute Gasteiger partial charge is 0.255 e. The fourth-order valence-corrected chi connectivity index (χ4v) is 4.15. The van der Waals surface area contributed by atoms with E-state index >= 15 is 0 Å². The minimum Gasteiger partial charge on any atom is -0.487 e. The third-order valence-corrected chi connectivity index (χ3v) is 5.30. The molecule has 0 radical (unpaired) electrons. The number of hydrogen-bond acceptors (Lipinski definition) is 4. The Morgan fingerprint density at radius 3 is 2.68 bits per heavy atom. The number of rotatable bonds is 5. The van der Waals surface area contributed by atoms with Crippen molar-refractivity contribution in [3.63, 3.8) is 0 Å². The van der Waals surface area contributed by atoms with E-state index in [0.717, 1.165) is 29.6 Å². The number of fused-ring (bicyclic) bond motifs is 3. The second kappa shape index (κ2) is 8.76. The number of carbonyl (C=O) groups excluding carboxylic acids is 3. The molecule has 3 rings (SSSR count). The first-order valence-corrected chi connectivity index (χ1v) is 10.1. The molecule has 0 aromatic heterocycles. The maximum Gasteiger partial charge on any atom is 0.255 e. The molecule has 154 valence electrons. The van der Waals surface area contributed by atoms with Gasteiger partial charge >= 0.3 is 0 Å². The molecule has 1 aromatic rings. The van der Waals surface area contributed by atoms with Crippen molar-refractivity contribution in [1.82, 2.24) is 10.2 Å². The average molecular weight is 389 g/mol. The zero-order chi connectivity index (χ0) is 21.1. The third-order valence-electron chi connectivity index (χ3n) is 5.30. The first kappa shape index (κ1) is 21.9. The van der Waals surface area contributed by atoms with Crippen LogP contribution < -0.4 is 10.1 Å². The lowest BCUT2D eigenvalue weighted by Gasteiger charge is -2.37. The summed E-state index contributed by atoms with van der Waals surface area (Å²) in [7, 11) is 1.54. The highest BCUT2D eigenvalue weighted by molar-refractivity contribution is 6.02. The quantitative estimate of drug-likeness (QED) is 0.784. The number of hydrogen-bond donors (Lipinski definition) is 1. The van der Waals surface area contributed by atoms with Gasteiger partial charge in [0.2, 0.25) is 5.91 Å². The van der Waals surface area contributed by atoms with Crippen LogP contribution in [0.1, 0.15) is 81.3 Å². The molecule has 0 aliphatic carbocycles. The van der Waals surface area contributed by atoms with Gasteiger partial charge in [-0.25, -0.2) is 0 Å². The van der Waals surface area contributed by atoms with Gasteiger partial charge in [-0.3, -0.25) is 9.59 Å². The standard InChI is InChI=1S/C20H26N2O4.C2H6/c1-12-10-20(2,3)26-17-13(12)7-8-14-15(17)11-22(19(14)25)16(6-5-9-23)18(24)21-4;1-2/h7-9,12,16H,5-6,10-11H2,1-4H3,(H,21,24);1-2H3. The van der Waals surface area contributed by atoms with Gasteiger partial charge in [-0.1, -0.05) is 26.8 Å². The minimum absolute atomic E-state index is 0.179. The van der Waals surface area contributed by atoms with Gasteiger partial charge in [0, 0.05) is 24.6 Å². The predicted octanol–water partition coefficient (Wildman–Crippen LogP) is 3.43. The van der Waals surface area contributed by atoms with Crippen molar-refractivity contribution in [1.29, 1.82) is 0 Å². The Kier molecular flexibility index (Phi) is 6.86. The number of carbonyl (C=O) groups is 3. The van der Waals surface area contributed by atoms with Gasteiger partial charge in [0.05, 0.1) is 6.54 Å². The summed E-state index contributed by atoms with van der Waals surface area (Å²) in [5, 5.41) is 2.60. The van der Waals surface area contributed by atoms with Crippen molar-refractivity contribution >= 4 is 18.1 Å². The first-order valence-electron chi connectivity index (χ1n) is 10.1. The molecule has 1 N–H and O–H groups in total. The van der Waals surface area contributed by atoms with Crippen LogP contribution >= 0.6 is 0 Å². The van der Waals surface area contributed by atoms with Crippen LogP contribution in [0.3, 0.4) is 0 Å². The Hall–Kier alpha value is -2.37. The summed E-state index contributed by atoms with van der Waals surface area (Å²) in [5.74, 6) is 0.694. The molecule has 6 nitrogen and oxygen atoms in total. The summed E-state index contributed by atoms with van der Waals surface area (Å²) in [6.07, 6.45) is 2.24. The lowest BCUT2D eigenvalue weighted by atomic mass is 9.84. The third kappa shape index (κ3) is 4.05. The number of ether oxygens (including phenoxy) is 1. The van der Waals surface area contributed by atoms with Gasteiger partial charge in [-0.15, -0.1) is 0 Å². The second-order valence-electron chi connectivity index (χ2n) is 7.78. The van der Waals surface area contributed by atoms with Gasteiger partial charge in [-0.2, -0.15) is 0 Å². The Labute approximate surface area is 167 Å². The highest BCUT2D eigenvalue weighted by atomic mass is 16.5. The maximum absolute atomic E-state index is 13.0. The van der Waals surface area contributed by atoms with Crippen molar-refractivity contribution in [3.8, 4) is 5.75 Å². The first-order chi connectivity index (χ1) is 13.3. The minimum atomic E-state index is -0.658. The maximum atomic E-state index is 13.0. The van der Waals surface area contributed by atoms with Crippen LogP contribution in [-0.4, -0.2) is 41.7 Å². The molecule has 0 bridgehead atoms. The summed E-state index contributed by atoms with van der Waals surface area (Å²) in [5.41, 5.74) is 2.26. The fraction of sp³-hybridized carbons (Fsp3) is 0.591. The molecule has 6 heteroatoms. The second-order valence-corrected chi connectivity index (χ2v) is 7.78. The van der Waals surface area contributed by atoms with E-state index in [0.29, 0.717) is 24.4 Å². The normalized spacial score (nSPS) is 20.1. The Morgan fingerprint density at radius 2 is 2.07 bits per heavy atom. The van der Waals surface area contributed by atoms with Crippen LogP contribution in [-0.2, 0) is 16.1 Å². The molecule has 0 fully saturated rings. The van der Waals surface area contributed by atoms with Gasteiger partial charge in [0.1, 0.15) is 23.7 Å². The van der Waals surface area contributed by atoms with Crippen LogP contribution in [0.15, 0.2) is 12.1 Å². The Balaban J connectivity index is 0.00000136. The lowest BCUT2D eigenvalue weighted by Crippen LogP contribution is -2.46. The van der Waals surface area contributed by atoms with Crippen LogP contribution in [0.2, 0.25) is 0 Å². The zero-order valence-corrected chi connectivity index (χ0v) is 17.8. The van der Waals surface area contributed by atoms with Crippen LogP contribution in [0, 0.1) is 0 Å². The van der Waals surface area contributed by atoms with E-state index in [2.05, 4.69) is 26.1 Å². The summed E-state index contributed by atoms with van der Waals surface area (Å²) in [6, 6.07) is 3.15. The Morgan fingerprint density at radius 1 is 1.39 bits per heavy atom. The topological polar surface area (TPSA) is 75.7 Å². The van der Waals surface area contributed by atoms with E-state index in [1.54, 1.807) is 11.9 Å². The molecular formula is C22H32N2O4. The molecule has 2 aliphatic heterocycles. The van der Waals surface area contributed by atoms with Crippen LogP contribution in [0.5, 0.6) is 5.75 Å². The predicted molar refractivity (Wildman–Crippen MR) is 109 cm³/mol. The van der Waals surface area contributed by atoms with Gasteiger partial charge in [0.25, 0.3) is 5.91 Å². The van der Waals surface area contributed by atoms with Crippen molar-refractivity contribution in [3.05, 3.63) is 28.8 Å². The summed E-state index contributed by atoms with van der Waals surface area (Å²) in [6.45, 7) is 10.6. The largest absolute Gasteiger partial charge is 0.487 e. The monoisotopic (exact) mass is 388 g/mol. The molecular weight excluding hydrogens is 356 g/mol. The number of amides is 2. The summed E-state index contributed by atoms with van der Waals surface area (Å²) >= 11 is 0.